The van der Waals surface area contributed by atoms with Crippen LogP contribution in [-0.4, -0.2) is 195 Å². The SMILES string of the molecule is C/C=C1\NC(=O)[C@@H]2Cc3ccccc3CN2C(=O)[C@@H](C(C)C)NC(=O)[C@@H]([C@@H](C)CC)NC(=O)[C@H](NC(=O)[C@H](NC(=O)[C@H](CCCN)NC(=O)[C@H]2CCCN2C(=O)[C@H](NC(=O)[C@@H](NC(=O)[C@@H](NC(=O)[C@H](NC(=O)CC[C@@H](C)CC)C(C)C)[C@@H](C)O)C(C)C)C(C)C)[C@@H](C)CC)[C@@H](C)OC(=O)[C@H](C(C)C)NC1=O. The van der Waals surface area contributed by atoms with Crippen LogP contribution in [0.25, 0.3) is 0 Å². The van der Waals surface area contributed by atoms with Gasteiger partial charge in [0.05, 0.1) is 6.10 Å². The number of likely N-dealkylation sites (tertiary alicyclic amines) is 1. The molecular formula is C76H124N14O16. The van der Waals surface area contributed by atoms with Crippen LogP contribution in [0.2, 0.25) is 0 Å². The maximum Gasteiger partial charge on any atom is 0.329 e. The smallest absolute Gasteiger partial charge is 0.329 e. The Morgan fingerprint density at radius 3 is 1.74 bits per heavy atom. The van der Waals surface area contributed by atoms with Crippen molar-refractivity contribution < 1.29 is 77.0 Å². The molecule has 594 valence electrons. The third-order valence-electron chi connectivity index (χ3n) is 20.5. The summed E-state index contributed by atoms with van der Waals surface area (Å²) in [6.07, 6.45) is 1.23. The largest absolute Gasteiger partial charge is 0.458 e. The Morgan fingerprint density at radius 2 is 1.19 bits per heavy atom. The Hall–Kier alpha value is -8.54. The zero-order valence-corrected chi connectivity index (χ0v) is 65.8. The molecule has 30 nitrogen and oxygen atoms in total. The fraction of sp³-hybridized carbons (Fsp3) is 0.711. The molecule has 0 bridgehead atoms. The Labute approximate surface area is 625 Å². The average molecular weight is 1490 g/mol. The minimum absolute atomic E-state index is 0.0290. The molecule has 0 radical (unpaired) electrons. The summed E-state index contributed by atoms with van der Waals surface area (Å²) in [6.45, 7) is 31.9. The summed E-state index contributed by atoms with van der Waals surface area (Å²) < 4.78 is 5.99. The molecule has 0 aromatic heterocycles. The first-order valence-corrected chi connectivity index (χ1v) is 38.1. The Morgan fingerprint density at radius 1 is 0.632 bits per heavy atom. The molecule has 30 heteroatoms. The first kappa shape index (κ1) is 89.9. The van der Waals surface area contributed by atoms with Crippen molar-refractivity contribution in [1.82, 2.24) is 68.3 Å². The molecule has 0 spiro atoms. The van der Waals surface area contributed by atoms with Crippen molar-refractivity contribution >= 4 is 82.8 Å². The van der Waals surface area contributed by atoms with Gasteiger partial charge >= 0.3 is 5.97 Å². The summed E-state index contributed by atoms with van der Waals surface area (Å²) >= 11 is 0. The maximum absolute atomic E-state index is 15.1. The number of aliphatic hydroxyl groups excluding tert-OH is 1. The van der Waals surface area contributed by atoms with Crippen LogP contribution in [0, 0.1) is 47.3 Å². The van der Waals surface area contributed by atoms with Crippen molar-refractivity contribution in [2.45, 2.75) is 287 Å². The summed E-state index contributed by atoms with van der Waals surface area (Å²) in [5.74, 6) is -14.9. The number of hydrogen-bond acceptors (Lipinski definition) is 17. The molecule has 14 N–H and O–H groups in total. The van der Waals surface area contributed by atoms with E-state index in [0.717, 1.165) is 17.5 Å². The van der Waals surface area contributed by atoms with E-state index in [1.807, 2.05) is 26.0 Å². The molecule has 2 saturated heterocycles. The third-order valence-corrected chi connectivity index (χ3v) is 20.5. The minimum Gasteiger partial charge on any atom is -0.458 e. The van der Waals surface area contributed by atoms with E-state index in [2.05, 4.69) is 58.5 Å². The van der Waals surface area contributed by atoms with Crippen molar-refractivity contribution in [2.75, 3.05) is 13.1 Å². The monoisotopic (exact) mass is 1490 g/mol. The lowest BCUT2D eigenvalue weighted by Gasteiger charge is -2.39. The number of nitrogens with zero attached hydrogens (tertiary/aromatic N) is 2. The summed E-state index contributed by atoms with van der Waals surface area (Å²) in [5, 5.41) is 40.7. The number of esters is 1. The standard InChI is InChI=1S/C76H124N14O16/c1-20-43(15)32-33-54(92)80-55(38(5)6)68(97)87-62(46(18)91)72(101)81-56(39(7)8)69(98)82-57(40(9)10)74(103)89-35-27-31-52(89)66(95)79-51(30-26-34-77)65(94)85-60(44(16)21-2)71(100)88-63-47(19)106-76(105)59(42(13)14)84-64(93)50(23-4)78-67(96)53-36-48-28-24-25-29-49(48)37-90(53)75(104)58(41(11)12)83-70(99)61(45(17)22-3)86-73(63)102/h23-25,28-29,38-47,51-53,55-63,91H,20-22,26-27,30-37,77H2,1-19H3,(H,78,96)(H,79,95)(H,80,92)(H,81,101)(H,82,98)(H,83,99)(H,84,93)(H,85,94)(H,86,102)(H,87,97)(H,88,100)/b50-23-/t43-,44-,45-,46+,47+,51-,52+,53-,55+,56-,57+,58+,59-,60+,61+,62-,63+/m0/s1. The highest BCUT2D eigenvalue weighted by molar-refractivity contribution is 6.03. The molecule has 0 aliphatic carbocycles. The van der Waals surface area contributed by atoms with E-state index in [4.69, 9.17) is 10.5 Å². The topological polar surface area (TPSA) is 433 Å². The predicted molar refractivity (Wildman–Crippen MR) is 398 cm³/mol. The van der Waals surface area contributed by atoms with E-state index >= 15 is 9.59 Å². The highest BCUT2D eigenvalue weighted by Crippen LogP contribution is 2.28. The van der Waals surface area contributed by atoms with Crippen LogP contribution in [0.4, 0.5) is 0 Å². The van der Waals surface area contributed by atoms with Crippen molar-refractivity contribution in [1.29, 1.82) is 0 Å². The molecule has 106 heavy (non-hydrogen) atoms. The molecule has 3 aliphatic heterocycles. The zero-order valence-electron chi connectivity index (χ0n) is 65.8. The normalized spacial score (nSPS) is 23.2. The van der Waals surface area contributed by atoms with Gasteiger partial charge in [0.25, 0.3) is 5.91 Å². The van der Waals surface area contributed by atoms with Crippen LogP contribution < -0.4 is 64.2 Å². The quantitative estimate of drug-likeness (QED) is 0.0374. The van der Waals surface area contributed by atoms with E-state index in [1.165, 1.54) is 36.6 Å². The first-order valence-electron chi connectivity index (χ1n) is 38.1. The van der Waals surface area contributed by atoms with Crippen molar-refractivity contribution in [3.63, 3.8) is 0 Å². The first-order chi connectivity index (χ1) is 49.8. The molecule has 17 atom stereocenters. The molecule has 0 saturated carbocycles. The highest BCUT2D eigenvalue weighted by atomic mass is 16.5. The Bertz CT molecular complexity index is 3280. The highest BCUT2D eigenvalue weighted by Gasteiger charge is 2.46. The van der Waals surface area contributed by atoms with Gasteiger partial charge in [0.1, 0.15) is 84.3 Å². The van der Waals surface area contributed by atoms with Crippen molar-refractivity contribution in [2.24, 2.45) is 53.1 Å². The van der Waals surface area contributed by atoms with Gasteiger partial charge in [0.2, 0.25) is 70.9 Å². The van der Waals surface area contributed by atoms with Gasteiger partial charge in [-0.25, -0.2) is 4.79 Å². The number of hydrogen-bond donors (Lipinski definition) is 13. The number of nitrogens with two attached hydrogens (primary N) is 1. The van der Waals surface area contributed by atoms with Gasteiger partial charge in [-0.05, 0) is 118 Å². The van der Waals surface area contributed by atoms with Gasteiger partial charge in [0, 0.05) is 25.9 Å². The van der Waals surface area contributed by atoms with Crippen LogP contribution in [-0.2, 0) is 84.8 Å². The number of rotatable bonds is 31. The minimum atomic E-state index is -1.82. The van der Waals surface area contributed by atoms with Gasteiger partial charge in [-0.2, -0.15) is 0 Å². The van der Waals surface area contributed by atoms with Crippen molar-refractivity contribution in [3.05, 3.63) is 47.2 Å². The lowest BCUT2D eigenvalue weighted by molar-refractivity contribution is -0.157. The van der Waals surface area contributed by atoms with Crippen LogP contribution in [0.15, 0.2) is 36.0 Å². The number of aliphatic hydroxyl groups is 1. The molecule has 1 aromatic rings. The molecule has 3 aliphatic rings. The Kier molecular flexibility index (Phi) is 35.7. The number of amides is 13. The number of cyclic esters (lactones) is 1. The van der Waals surface area contributed by atoms with E-state index in [1.54, 1.807) is 109 Å². The number of carbonyl (C=O) groups is 14. The van der Waals surface area contributed by atoms with E-state index in [9.17, 15) is 62.6 Å². The van der Waals surface area contributed by atoms with Gasteiger partial charge in [0.15, 0.2) is 0 Å². The summed E-state index contributed by atoms with van der Waals surface area (Å²) in [7, 11) is 0. The molecule has 4 rings (SSSR count). The van der Waals surface area contributed by atoms with Crippen LogP contribution >= 0.6 is 0 Å². The molecule has 3 heterocycles. The average Bonchev–Trinajstić information content (AvgIpc) is 0.828. The van der Waals surface area contributed by atoms with Gasteiger partial charge in [-0.3, -0.25) is 62.3 Å². The summed E-state index contributed by atoms with van der Waals surface area (Å²) in [4.78, 5) is 205. The second-order valence-electron chi connectivity index (χ2n) is 30.7. The lowest BCUT2D eigenvalue weighted by atomic mass is 9.91. The third kappa shape index (κ3) is 24.8. The fourth-order valence-corrected chi connectivity index (χ4v) is 12.9. The molecule has 1 aromatic carbocycles. The number of ether oxygens (including phenoxy) is 1. The van der Waals surface area contributed by atoms with Crippen LogP contribution in [0.1, 0.15) is 200 Å². The number of benzene rings is 1. The molecule has 0 unspecified atom stereocenters. The van der Waals surface area contributed by atoms with Crippen LogP contribution in [0.3, 0.4) is 0 Å². The second-order valence-corrected chi connectivity index (χ2v) is 30.7. The molecular weight excluding hydrogens is 1360 g/mol. The van der Waals surface area contributed by atoms with E-state index in [-0.39, 0.29) is 75.7 Å². The fourth-order valence-electron chi connectivity index (χ4n) is 12.9. The van der Waals surface area contributed by atoms with Crippen LogP contribution in [0.5, 0.6) is 0 Å². The Balaban J connectivity index is 1.65. The van der Waals surface area contributed by atoms with E-state index in [0.29, 0.717) is 19.3 Å². The maximum atomic E-state index is 15.1. The van der Waals surface area contributed by atoms with Crippen molar-refractivity contribution in [3.8, 4) is 0 Å². The van der Waals surface area contributed by atoms with E-state index < -0.39 is 203 Å². The number of carbonyl (C=O) groups excluding carboxylic acids is 14. The lowest BCUT2D eigenvalue weighted by Crippen LogP contribution is -2.64. The predicted octanol–water partition coefficient (Wildman–Crippen LogP) is 2.06. The molecule has 2 fully saturated rings. The number of nitrogens with one attached hydrogen (secondary N) is 11. The van der Waals surface area contributed by atoms with Gasteiger partial charge < -0.3 is 83.9 Å². The van der Waals surface area contributed by atoms with Gasteiger partial charge in [-0.15, -0.1) is 0 Å². The zero-order chi connectivity index (χ0) is 79.9. The summed E-state index contributed by atoms with van der Waals surface area (Å²) in [5.41, 5.74) is 7.27. The van der Waals surface area contributed by atoms with Gasteiger partial charge in [-0.1, -0.05) is 160 Å². The summed E-state index contributed by atoms with van der Waals surface area (Å²) in [6, 6.07) is -8.99. The second kappa shape index (κ2) is 42.1. The molecule has 13 amide bonds. The number of fused-ring (bicyclic) bond motifs is 2. The number of allylic oxidation sites excluding steroid dienone is 1.